The van der Waals surface area contributed by atoms with Crippen LogP contribution in [0.4, 0.5) is 0 Å². The van der Waals surface area contributed by atoms with E-state index >= 15 is 0 Å². The van der Waals surface area contributed by atoms with E-state index in [-0.39, 0.29) is 0 Å². The average molecular weight is 98.1 g/mol. The van der Waals surface area contributed by atoms with Crippen LogP contribution >= 0.6 is 0 Å². The maximum absolute atomic E-state index is 4.87. The Hall–Kier alpha value is -1.19. The zero-order chi connectivity index (χ0) is 5.54. The summed E-state index contributed by atoms with van der Waals surface area (Å²) in [5.41, 5.74) is 4.87. The first-order valence-corrected chi connectivity index (χ1v) is 1.64. The molecule has 0 amide bonds. The van der Waals surface area contributed by atoms with Gasteiger partial charge in [0.2, 0.25) is 0 Å². The predicted molar refractivity (Wildman–Crippen MR) is 27.7 cm³/mol. The van der Waals surface area contributed by atoms with Crippen molar-refractivity contribution < 1.29 is 0 Å². The molecule has 7 heavy (non-hydrogen) atoms. The molecule has 0 spiro atoms. The molecule has 0 radical (unpaired) electrons. The highest BCUT2D eigenvalue weighted by molar-refractivity contribution is 5.22. The smallest absolute Gasteiger partial charge is 0.0668 e. The van der Waals surface area contributed by atoms with E-state index in [1.807, 2.05) is 0 Å². The van der Waals surface area contributed by atoms with Crippen molar-refractivity contribution in [3.63, 3.8) is 0 Å². The van der Waals surface area contributed by atoms with Crippen LogP contribution in [0.25, 0.3) is 0 Å². The molecule has 0 aliphatic carbocycles. The second-order valence-corrected chi connectivity index (χ2v) is 0.688. The molecule has 0 heterocycles. The van der Waals surface area contributed by atoms with Crippen LogP contribution in [0.15, 0.2) is 27.8 Å². The first-order chi connectivity index (χ1) is 3.41. The first kappa shape index (κ1) is 5.81. The van der Waals surface area contributed by atoms with Crippen LogP contribution in [0.5, 0.6) is 0 Å². The number of rotatable bonds is 2. The van der Waals surface area contributed by atoms with Crippen molar-refractivity contribution in [2.24, 2.45) is 21.2 Å². The van der Waals surface area contributed by atoms with E-state index in [9.17, 15) is 0 Å². The summed E-state index contributed by atoms with van der Waals surface area (Å²) in [5, 5.41) is 9.51. The summed E-state index contributed by atoms with van der Waals surface area (Å²) in [6.07, 6.45) is 2.57. The Morgan fingerprint density at radius 3 is 2.71 bits per heavy atom. The van der Waals surface area contributed by atoms with Crippen molar-refractivity contribution in [3.05, 3.63) is 12.4 Å². The van der Waals surface area contributed by atoms with Crippen LogP contribution in [-0.4, -0.2) is 6.72 Å². The highest BCUT2D eigenvalue weighted by atomic mass is 15.3. The van der Waals surface area contributed by atoms with Gasteiger partial charge in [0.05, 0.1) is 6.20 Å². The highest BCUT2D eigenvalue weighted by Crippen LogP contribution is 1.72. The van der Waals surface area contributed by atoms with Crippen LogP contribution in [0.3, 0.4) is 0 Å². The number of nitrogens with two attached hydrogens (primary N) is 1. The maximum Gasteiger partial charge on any atom is 0.0668 e. The Kier molecular flexibility index (Phi) is 3.99. The minimum atomic E-state index is 1.26. The van der Waals surface area contributed by atoms with Gasteiger partial charge in [-0.1, -0.05) is 0 Å². The van der Waals surface area contributed by atoms with E-state index in [0.717, 1.165) is 0 Å². The fraction of sp³-hybridized carbons (Fsp3) is 0. The van der Waals surface area contributed by atoms with Crippen LogP contribution in [0.1, 0.15) is 0 Å². The lowest BCUT2D eigenvalue weighted by atomic mass is 11.0. The lowest BCUT2D eigenvalue weighted by Gasteiger charge is -1.65. The molecule has 38 valence electrons. The molecule has 0 fully saturated rings. The van der Waals surface area contributed by atoms with Gasteiger partial charge in [-0.05, 0) is 5.22 Å². The van der Waals surface area contributed by atoms with Gasteiger partial charge >= 0.3 is 0 Å². The molecule has 0 aromatic heterocycles. The second kappa shape index (κ2) is 4.81. The molecule has 4 heteroatoms. The lowest BCUT2D eigenvalue weighted by molar-refractivity contribution is 1.06. The van der Waals surface area contributed by atoms with Crippen molar-refractivity contribution in [1.29, 1.82) is 0 Å². The van der Waals surface area contributed by atoms with Crippen LogP contribution in [-0.2, 0) is 0 Å². The van der Waals surface area contributed by atoms with Gasteiger partial charge in [-0.3, -0.25) is 0 Å². The van der Waals surface area contributed by atoms with Gasteiger partial charge in [0.15, 0.2) is 0 Å². The summed E-state index contributed by atoms with van der Waals surface area (Å²) in [4.78, 5) is 0. The standard InChI is InChI=1S/C3H6N4/c1-5-7-6-3-2-4/h2-3H,1,4H2/b3-2-,7-6-. The molecule has 0 rings (SSSR count). The van der Waals surface area contributed by atoms with Gasteiger partial charge in [-0.2, -0.15) is 0 Å². The Morgan fingerprint density at radius 2 is 2.29 bits per heavy atom. The van der Waals surface area contributed by atoms with E-state index in [4.69, 9.17) is 5.73 Å². The van der Waals surface area contributed by atoms with Crippen molar-refractivity contribution in [1.82, 2.24) is 0 Å². The van der Waals surface area contributed by atoms with Crippen LogP contribution in [0.2, 0.25) is 0 Å². The SMILES string of the molecule is C=N/N=N\C=C/N. The molecule has 0 unspecified atom stereocenters. The monoisotopic (exact) mass is 98.1 g/mol. The molecule has 2 N–H and O–H groups in total. The van der Waals surface area contributed by atoms with Gasteiger partial charge < -0.3 is 5.73 Å². The van der Waals surface area contributed by atoms with Crippen molar-refractivity contribution in [2.75, 3.05) is 0 Å². The number of hydrogen-bond donors (Lipinski definition) is 1. The number of hydrogen-bond acceptors (Lipinski definition) is 3. The third kappa shape index (κ3) is 4.81. The largest absolute Gasteiger partial charge is 0.403 e. The fourth-order valence-corrected chi connectivity index (χ4v) is 0.105. The molecule has 0 saturated heterocycles. The third-order valence-corrected chi connectivity index (χ3v) is 0.268. The molecular weight excluding hydrogens is 92.1 g/mol. The Balaban J connectivity index is 3.27. The molecule has 0 aliphatic heterocycles. The summed E-state index contributed by atoms with van der Waals surface area (Å²) in [5.74, 6) is 0. The second-order valence-electron chi connectivity index (χ2n) is 0.688. The third-order valence-electron chi connectivity index (χ3n) is 0.268. The summed E-state index contributed by atoms with van der Waals surface area (Å²) >= 11 is 0. The summed E-state index contributed by atoms with van der Waals surface area (Å²) in [6.45, 7) is 3.05. The molecule has 0 saturated carbocycles. The molecule has 0 aromatic rings. The minimum Gasteiger partial charge on any atom is -0.403 e. The molecule has 0 bridgehead atoms. The predicted octanol–water partition coefficient (Wildman–Crippen LogP) is 0.484. The van der Waals surface area contributed by atoms with E-state index in [2.05, 4.69) is 22.2 Å². The van der Waals surface area contributed by atoms with Gasteiger partial charge in [0.1, 0.15) is 0 Å². The summed E-state index contributed by atoms with van der Waals surface area (Å²) in [6, 6.07) is 0. The molecule has 0 aromatic carbocycles. The van der Waals surface area contributed by atoms with Gasteiger partial charge in [0, 0.05) is 12.9 Å². The van der Waals surface area contributed by atoms with Crippen molar-refractivity contribution in [3.8, 4) is 0 Å². The fourth-order valence-electron chi connectivity index (χ4n) is 0.105. The Bertz CT molecular complexity index is 93.1. The molecule has 4 nitrogen and oxygen atoms in total. The molecule has 0 atom stereocenters. The zero-order valence-electron chi connectivity index (χ0n) is 3.78. The lowest BCUT2D eigenvalue weighted by Crippen LogP contribution is -1.71. The topological polar surface area (TPSA) is 63.1 Å². The van der Waals surface area contributed by atoms with E-state index in [0.29, 0.717) is 0 Å². The summed E-state index contributed by atoms with van der Waals surface area (Å²) in [7, 11) is 0. The first-order valence-electron chi connectivity index (χ1n) is 1.64. The minimum absolute atomic E-state index is 1.26. The van der Waals surface area contributed by atoms with Crippen molar-refractivity contribution in [2.45, 2.75) is 0 Å². The van der Waals surface area contributed by atoms with Crippen molar-refractivity contribution >= 4 is 6.72 Å². The zero-order valence-corrected chi connectivity index (χ0v) is 3.78. The van der Waals surface area contributed by atoms with Crippen LogP contribution in [0, 0.1) is 0 Å². The molecule has 0 aliphatic rings. The number of nitrogens with zero attached hydrogens (tertiary/aromatic N) is 3. The highest BCUT2D eigenvalue weighted by Gasteiger charge is 1.53. The Morgan fingerprint density at radius 1 is 1.57 bits per heavy atom. The quantitative estimate of drug-likeness (QED) is 0.305. The maximum atomic E-state index is 4.87. The van der Waals surface area contributed by atoms with Crippen LogP contribution < -0.4 is 5.73 Å². The normalized spacial score (nSPS) is 10.9. The molecular formula is C3H6N4. The summed E-state index contributed by atoms with van der Waals surface area (Å²) < 4.78 is 0. The average Bonchev–Trinajstić information content (AvgIpc) is 1.69. The van der Waals surface area contributed by atoms with Gasteiger partial charge in [0.25, 0.3) is 0 Å². The van der Waals surface area contributed by atoms with E-state index < -0.39 is 0 Å². The van der Waals surface area contributed by atoms with Gasteiger partial charge in [-0.25, -0.2) is 0 Å². The van der Waals surface area contributed by atoms with E-state index in [1.54, 1.807) is 0 Å². The van der Waals surface area contributed by atoms with Gasteiger partial charge in [-0.15, -0.1) is 10.2 Å². The Labute approximate surface area is 41.4 Å². The van der Waals surface area contributed by atoms with E-state index in [1.165, 1.54) is 12.4 Å².